The minimum atomic E-state index is -0.790. The molecule has 0 saturated heterocycles. The third-order valence-electron chi connectivity index (χ3n) is 3.07. The summed E-state index contributed by atoms with van der Waals surface area (Å²) >= 11 is 0. The first-order valence-electron chi connectivity index (χ1n) is 7.17. The van der Waals surface area contributed by atoms with E-state index in [1.54, 1.807) is 7.11 Å². The molecule has 0 aliphatic rings. The summed E-state index contributed by atoms with van der Waals surface area (Å²) in [6, 6.07) is -0.237. The molecule has 3 N–H and O–H groups in total. The third kappa shape index (κ3) is 13.4. The first kappa shape index (κ1) is 19.7. The summed E-state index contributed by atoms with van der Waals surface area (Å²) in [7, 11) is 1.60. The van der Waals surface area contributed by atoms with Gasteiger partial charge in [-0.3, -0.25) is 4.79 Å². The monoisotopic (exact) mass is 304 g/mol. The van der Waals surface area contributed by atoms with Crippen molar-refractivity contribution < 1.29 is 24.2 Å². The fraction of sp³-hybridized carbons (Fsp3) is 0.857. The minimum Gasteiger partial charge on any atom is -0.481 e. The number of carboxylic acid groups (broad SMARTS) is 1. The molecule has 0 radical (unpaired) electrons. The molecule has 0 spiro atoms. The molecule has 124 valence electrons. The van der Waals surface area contributed by atoms with Crippen LogP contribution in [0, 0.1) is 5.41 Å². The molecule has 0 bridgehead atoms. The summed E-state index contributed by atoms with van der Waals surface area (Å²) in [6.07, 6.45) is 1.48. The SMILES string of the molecule is COCCOCCNC(=O)NCCC(C)(C)CCC(=O)O. The van der Waals surface area contributed by atoms with Crippen LogP contribution in [0.4, 0.5) is 4.79 Å². The van der Waals surface area contributed by atoms with Gasteiger partial charge in [-0.1, -0.05) is 13.8 Å². The Morgan fingerprint density at radius 2 is 1.71 bits per heavy atom. The van der Waals surface area contributed by atoms with Crippen molar-refractivity contribution in [2.75, 3.05) is 40.0 Å². The standard InChI is InChI=1S/C14H28N2O5/c1-14(2,5-4-12(17)18)6-7-15-13(19)16-8-9-21-11-10-20-3/h4-11H2,1-3H3,(H,17,18)(H2,15,16,19). The van der Waals surface area contributed by atoms with Crippen LogP contribution in [0.25, 0.3) is 0 Å². The molecule has 2 amide bonds. The van der Waals surface area contributed by atoms with E-state index in [-0.39, 0.29) is 17.9 Å². The van der Waals surface area contributed by atoms with E-state index >= 15 is 0 Å². The smallest absolute Gasteiger partial charge is 0.314 e. The van der Waals surface area contributed by atoms with Crippen molar-refractivity contribution in [3.05, 3.63) is 0 Å². The molecule has 0 aliphatic carbocycles. The second kappa shape index (κ2) is 11.3. The van der Waals surface area contributed by atoms with Crippen LogP contribution in [0.5, 0.6) is 0 Å². The Balaban J connectivity index is 3.58. The fourth-order valence-electron chi connectivity index (χ4n) is 1.63. The maximum atomic E-state index is 11.5. The van der Waals surface area contributed by atoms with Gasteiger partial charge in [0.05, 0.1) is 19.8 Å². The van der Waals surface area contributed by atoms with Gasteiger partial charge in [-0.25, -0.2) is 4.79 Å². The van der Waals surface area contributed by atoms with E-state index in [0.29, 0.717) is 39.3 Å². The molecule has 7 nitrogen and oxygen atoms in total. The zero-order valence-electron chi connectivity index (χ0n) is 13.2. The Bertz CT molecular complexity index is 308. The lowest BCUT2D eigenvalue weighted by atomic mass is 9.84. The zero-order chi connectivity index (χ0) is 16.1. The van der Waals surface area contributed by atoms with Crippen molar-refractivity contribution >= 4 is 12.0 Å². The van der Waals surface area contributed by atoms with Gasteiger partial charge in [-0.15, -0.1) is 0 Å². The predicted molar refractivity (Wildman–Crippen MR) is 79.4 cm³/mol. The second-order valence-corrected chi connectivity index (χ2v) is 5.60. The first-order chi connectivity index (χ1) is 9.87. The molecular formula is C14H28N2O5. The van der Waals surface area contributed by atoms with Crippen molar-refractivity contribution in [2.24, 2.45) is 5.41 Å². The van der Waals surface area contributed by atoms with Gasteiger partial charge in [0.1, 0.15) is 0 Å². The molecule has 0 atom stereocenters. The van der Waals surface area contributed by atoms with Crippen LogP contribution in [-0.2, 0) is 14.3 Å². The maximum absolute atomic E-state index is 11.5. The number of urea groups is 1. The van der Waals surface area contributed by atoms with Gasteiger partial charge >= 0.3 is 12.0 Å². The summed E-state index contributed by atoms with van der Waals surface area (Å²) in [5, 5.41) is 14.1. The lowest BCUT2D eigenvalue weighted by molar-refractivity contribution is -0.137. The van der Waals surface area contributed by atoms with E-state index in [1.165, 1.54) is 0 Å². The lowest BCUT2D eigenvalue weighted by Crippen LogP contribution is -2.38. The summed E-state index contributed by atoms with van der Waals surface area (Å²) in [4.78, 5) is 22.0. The Labute approximate surface area is 126 Å². The Morgan fingerprint density at radius 3 is 2.33 bits per heavy atom. The van der Waals surface area contributed by atoms with Gasteiger partial charge in [0.2, 0.25) is 0 Å². The molecule has 7 heteroatoms. The van der Waals surface area contributed by atoms with Crippen molar-refractivity contribution in [3.8, 4) is 0 Å². The molecule has 0 aromatic rings. The average Bonchev–Trinajstić information content (AvgIpc) is 2.40. The number of carboxylic acids is 1. The number of ether oxygens (including phenoxy) is 2. The second-order valence-electron chi connectivity index (χ2n) is 5.60. The number of carbonyl (C=O) groups excluding carboxylic acids is 1. The van der Waals surface area contributed by atoms with E-state index in [0.717, 1.165) is 6.42 Å². The van der Waals surface area contributed by atoms with Crippen LogP contribution in [0.3, 0.4) is 0 Å². The number of hydrogen-bond acceptors (Lipinski definition) is 4. The number of carbonyl (C=O) groups is 2. The summed E-state index contributed by atoms with van der Waals surface area (Å²) in [5.41, 5.74) is -0.102. The minimum absolute atomic E-state index is 0.102. The van der Waals surface area contributed by atoms with Crippen molar-refractivity contribution in [3.63, 3.8) is 0 Å². The van der Waals surface area contributed by atoms with Gasteiger partial charge in [0.15, 0.2) is 0 Å². The number of hydrogen-bond donors (Lipinski definition) is 3. The van der Waals surface area contributed by atoms with Gasteiger partial charge in [0.25, 0.3) is 0 Å². The molecule has 0 saturated carbocycles. The molecule has 0 rings (SSSR count). The summed E-state index contributed by atoms with van der Waals surface area (Å²) < 4.78 is 10.0. The molecule has 0 aromatic heterocycles. The van der Waals surface area contributed by atoms with Crippen LogP contribution in [0.1, 0.15) is 33.1 Å². The van der Waals surface area contributed by atoms with Crippen LogP contribution < -0.4 is 10.6 Å². The predicted octanol–water partition coefficient (Wildman–Crippen LogP) is 1.23. The van der Waals surface area contributed by atoms with E-state index in [2.05, 4.69) is 10.6 Å². The van der Waals surface area contributed by atoms with E-state index in [1.807, 2.05) is 13.8 Å². The highest BCUT2D eigenvalue weighted by Gasteiger charge is 2.19. The number of nitrogens with one attached hydrogen (secondary N) is 2. The molecule has 0 aliphatic heterocycles. The van der Waals surface area contributed by atoms with Gasteiger partial charge in [0, 0.05) is 26.6 Å². The van der Waals surface area contributed by atoms with Gasteiger partial charge in [-0.2, -0.15) is 0 Å². The largest absolute Gasteiger partial charge is 0.481 e. The van der Waals surface area contributed by atoms with Crippen LogP contribution in [0.2, 0.25) is 0 Å². The number of methoxy groups -OCH3 is 1. The molecule has 0 aromatic carbocycles. The molecule has 21 heavy (non-hydrogen) atoms. The van der Waals surface area contributed by atoms with E-state index in [4.69, 9.17) is 14.6 Å². The fourth-order valence-corrected chi connectivity index (χ4v) is 1.63. The molecular weight excluding hydrogens is 276 g/mol. The summed E-state index contributed by atoms with van der Waals surface area (Å²) in [5.74, 6) is -0.790. The lowest BCUT2D eigenvalue weighted by Gasteiger charge is -2.23. The highest BCUT2D eigenvalue weighted by atomic mass is 16.5. The number of rotatable bonds is 12. The van der Waals surface area contributed by atoms with Crippen molar-refractivity contribution in [1.82, 2.24) is 10.6 Å². The number of aliphatic carboxylic acids is 1. The van der Waals surface area contributed by atoms with E-state index in [9.17, 15) is 9.59 Å². The molecule has 0 heterocycles. The first-order valence-corrected chi connectivity index (χ1v) is 7.17. The molecule has 0 unspecified atom stereocenters. The molecule has 0 fully saturated rings. The van der Waals surface area contributed by atoms with E-state index < -0.39 is 5.97 Å². The Hall–Kier alpha value is -1.34. The number of amides is 2. The Morgan fingerprint density at radius 1 is 1.05 bits per heavy atom. The van der Waals surface area contributed by atoms with Gasteiger partial charge in [-0.05, 0) is 18.3 Å². The normalized spacial score (nSPS) is 11.2. The highest BCUT2D eigenvalue weighted by molar-refractivity contribution is 5.73. The van der Waals surface area contributed by atoms with Gasteiger partial charge < -0.3 is 25.2 Å². The third-order valence-corrected chi connectivity index (χ3v) is 3.07. The maximum Gasteiger partial charge on any atom is 0.314 e. The summed E-state index contributed by atoms with van der Waals surface area (Å²) in [6.45, 7) is 6.45. The van der Waals surface area contributed by atoms with Crippen molar-refractivity contribution in [1.29, 1.82) is 0 Å². The average molecular weight is 304 g/mol. The van der Waals surface area contributed by atoms with Crippen LogP contribution >= 0.6 is 0 Å². The quantitative estimate of drug-likeness (QED) is 0.471. The van der Waals surface area contributed by atoms with Crippen LogP contribution in [0.15, 0.2) is 0 Å². The highest BCUT2D eigenvalue weighted by Crippen LogP contribution is 2.25. The Kier molecular flexibility index (Phi) is 10.6. The van der Waals surface area contributed by atoms with Crippen LogP contribution in [-0.4, -0.2) is 57.1 Å². The topological polar surface area (TPSA) is 96.9 Å². The zero-order valence-corrected chi connectivity index (χ0v) is 13.2. The van der Waals surface area contributed by atoms with Crippen molar-refractivity contribution in [2.45, 2.75) is 33.1 Å².